The lowest BCUT2D eigenvalue weighted by atomic mass is 10.0. The molecule has 0 fully saturated rings. The van der Waals surface area contributed by atoms with Gasteiger partial charge in [-0.3, -0.25) is 0 Å². The standard InChI is InChI=1S/C9H10F3NS/c10-9(11,12)5-7(13)6-3-1-2-4-8(6)14/h1-4,7,14H,5,13H2. The molecule has 0 radical (unpaired) electrons. The molecule has 0 aromatic heterocycles. The van der Waals surface area contributed by atoms with E-state index in [1.807, 2.05) is 0 Å². The van der Waals surface area contributed by atoms with E-state index in [1.165, 1.54) is 0 Å². The largest absolute Gasteiger partial charge is 0.390 e. The van der Waals surface area contributed by atoms with E-state index in [0.29, 0.717) is 10.5 Å². The first-order valence-electron chi connectivity index (χ1n) is 4.00. The van der Waals surface area contributed by atoms with Gasteiger partial charge in [0, 0.05) is 10.9 Å². The van der Waals surface area contributed by atoms with Crippen molar-refractivity contribution in [1.29, 1.82) is 0 Å². The highest BCUT2D eigenvalue weighted by Crippen LogP contribution is 2.30. The topological polar surface area (TPSA) is 26.0 Å². The van der Waals surface area contributed by atoms with Gasteiger partial charge in [0.15, 0.2) is 0 Å². The lowest BCUT2D eigenvalue weighted by molar-refractivity contribution is -0.138. The highest BCUT2D eigenvalue weighted by Gasteiger charge is 2.31. The molecule has 5 heteroatoms. The molecular formula is C9H10F3NS. The molecule has 1 unspecified atom stereocenters. The van der Waals surface area contributed by atoms with E-state index >= 15 is 0 Å². The Labute approximate surface area is 85.5 Å². The lowest BCUT2D eigenvalue weighted by Crippen LogP contribution is -2.20. The van der Waals surface area contributed by atoms with Crippen molar-refractivity contribution in [1.82, 2.24) is 0 Å². The smallest absolute Gasteiger partial charge is 0.324 e. The van der Waals surface area contributed by atoms with Gasteiger partial charge in [-0.25, -0.2) is 0 Å². The van der Waals surface area contributed by atoms with Crippen LogP contribution in [0.1, 0.15) is 18.0 Å². The molecule has 0 saturated carbocycles. The molecule has 0 amide bonds. The average molecular weight is 221 g/mol. The molecule has 0 aliphatic heterocycles. The van der Waals surface area contributed by atoms with Crippen molar-refractivity contribution in [3.63, 3.8) is 0 Å². The van der Waals surface area contributed by atoms with Crippen LogP contribution >= 0.6 is 12.6 Å². The molecule has 1 rings (SSSR count). The molecule has 0 aliphatic carbocycles. The molecule has 0 saturated heterocycles. The van der Waals surface area contributed by atoms with Crippen LogP contribution < -0.4 is 5.73 Å². The predicted octanol–water partition coefficient (Wildman–Crippen LogP) is 2.93. The average Bonchev–Trinajstić information content (AvgIpc) is 2.01. The van der Waals surface area contributed by atoms with E-state index in [0.717, 1.165) is 0 Å². The van der Waals surface area contributed by atoms with Gasteiger partial charge >= 0.3 is 6.18 Å². The van der Waals surface area contributed by atoms with E-state index in [1.54, 1.807) is 24.3 Å². The van der Waals surface area contributed by atoms with Crippen LogP contribution in [0.4, 0.5) is 13.2 Å². The minimum atomic E-state index is -4.24. The fraction of sp³-hybridized carbons (Fsp3) is 0.333. The van der Waals surface area contributed by atoms with Crippen LogP contribution in [0.25, 0.3) is 0 Å². The van der Waals surface area contributed by atoms with E-state index < -0.39 is 18.6 Å². The Morgan fingerprint density at radius 2 is 1.86 bits per heavy atom. The van der Waals surface area contributed by atoms with Crippen LogP contribution in [0.3, 0.4) is 0 Å². The van der Waals surface area contributed by atoms with E-state index in [4.69, 9.17) is 5.73 Å². The molecule has 1 nitrogen and oxygen atoms in total. The lowest BCUT2D eigenvalue weighted by Gasteiger charge is -2.15. The summed E-state index contributed by atoms with van der Waals surface area (Å²) in [5.41, 5.74) is 5.84. The molecular weight excluding hydrogens is 211 g/mol. The van der Waals surface area contributed by atoms with Gasteiger partial charge in [-0.1, -0.05) is 18.2 Å². The Morgan fingerprint density at radius 3 is 2.36 bits per heavy atom. The third kappa shape index (κ3) is 3.23. The second-order valence-corrected chi connectivity index (χ2v) is 3.47. The van der Waals surface area contributed by atoms with Crippen molar-refractivity contribution >= 4 is 12.6 Å². The highest BCUT2D eigenvalue weighted by molar-refractivity contribution is 7.80. The van der Waals surface area contributed by atoms with Crippen LogP contribution in [-0.2, 0) is 0 Å². The maximum Gasteiger partial charge on any atom is 0.390 e. The van der Waals surface area contributed by atoms with Crippen molar-refractivity contribution in [3.8, 4) is 0 Å². The monoisotopic (exact) mass is 221 g/mol. The van der Waals surface area contributed by atoms with Gasteiger partial charge in [0.2, 0.25) is 0 Å². The summed E-state index contributed by atoms with van der Waals surface area (Å²) in [7, 11) is 0. The Bertz CT molecular complexity index is 311. The number of thiol groups is 1. The molecule has 2 N–H and O–H groups in total. The summed E-state index contributed by atoms with van der Waals surface area (Å²) in [5.74, 6) is 0. The zero-order chi connectivity index (χ0) is 10.8. The van der Waals surface area contributed by atoms with Gasteiger partial charge in [-0.15, -0.1) is 12.6 Å². The summed E-state index contributed by atoms with van der Waals surface area (Å²) in [6, 6.07) is 5.48. The molecule has 0 bridgehead atoms. The second kappa shape index (κ2) is 4.23. The summed E-state index contributed by atoms with van der Waals surface area (Å²) in [4.78, 5) is 0.490. The number of benzene rings is 1. The van der Waals surface area contributed by atoms with E-state index in [-0.39, 0.29) is 0 Å². The van der Waals surface area contributed by atoms with Crippen molar-refractivity contribution in [2.45, 2.75) is 23.5 Å². The van der Waals surface area contributed by atoms with Gasteiger partial charge in [0.25, 0.3) is 0 Å². The molecule has 14 heavy (non-hydrogen) atoms. The van der Waals surface area contributed by atoms with Gasteiger partial charge in [0.05, 0.1) is 6.42 Å². The van der Waals surface area contributed by atoms with Crippen LogP contribution in [0.15, 0.2) is 29.2 Å². The summed E-state index contributed by atoms with van der Waals surface area (Å²) < 4.78 is 36.1. The van der Waals surface area contributed by atoms with Crippen LogP contribution in [-0.4, -0.2) is 6.18 Å². The van der Waals surface area contributed by atoms with Crippen LogP contribution in [0.5, 0.6) is 0 Å². The van der Waals surface area contributed by atoms with Gasteiger partial charge in [0.1, 0.15) is 0 Å². The number of halogens is 3. The Kier molecular flexibility index (Phi) is 3.44. The van der Waals surface area contributed by atoms with Crippen LogP contribution in [0, 0.1) is 0 Å². The van der Waals surface area contributed by atoms with Crippen molar-refractivity contribution in [3.05, 3.63) is 29.8 Å². The number of alkyl halides is 3. The highest BCUT2D eigenvalue weighted by atomic mass is 32.1. The van der Waals surface area contributed by atoms with Crippen molar-refractivity contribution < 1.29 is 13.2 Å². The Balaban J connectivity index is 2.80. The SMILES string of the molecule is NC(CC(F)(F)F)c1ccccc1S. The normalized spacial score (nSPS) is 14.1. The summed E-state index contributed by atoms with van der Waals surface area (Å²) >= 11 is 4.04. The zero-order valence-electron chi connectivity index (χ0n) is 7.25. The van der Waals surface area contributed by atoms with Crippen molar-refractivity contribution in [2.24, 2.45) is 5.73 Å². The molecule has 0 spiro atoms. The Morgan fingerprint density at radius 1 is 1.29 bits per heavy atom. The number of nitrogens with two attached hydrogens (primary N) is 1. The third-order valence-corrected chi connectivity index (χ3v) is 2.19. The summed E-state index contributed by atoms with van der Waals surface area (Å²) in [6.07, 6.45) is -5.26. The summed E-state index contributed by atoms with van der Waals surface area (Å²) in [5, 5.41) is 0. The first-order chi connectivity index (χ1) is 6.40. The fourth-order valence-electron chi connectivity index (χ4n) is 1.16. The quantitative estimate of drug-likeness (QED) is 0.738. The van der Waals surface area contributed by atoms with Crippen molar-refractivity contribution in [2.75, 3.05) is 0 Å². The van der Waals surface area contributed by atoms with Gasteiger partial charge in [-0.2, -0.15) is 13.2 Å². The van der Waals surface area contributed by atoms with E-state index in [2.05, 4.69) is 12.6 Å². The Hall–Kier alpha value is -0.680. The van der Waals surface area contributed by atoms with Gasteiger partial charge in [-0.05, 0) is 11.6 Å². The minimum absolute atomic E-state index is 0.424. The molecule has 0 heterocycles. The number of hydrogen-bond donors (Lipinski definition) is 2. The maximum absolute atomic E-state index is 12.0. The first-order valence-corrected chi connectivity index (χ1v) is 4.45. The first kappa shape index (κ1) is 11.4. The maximum atomic E-state index is 12.0. The van der Waals surface area contributed by atoms with Gasteiger partial charge < -0.3 is 5.73 Å². The van der Waals surface area contributed by atoms with E-state index in [9.17, 15) is 13.2 Å². The third-order valence-electron chi connectivity index (χ3n) is 1.79. The number of rotatable bonds is 2. The summed E-state index contributed by atoms with van der Waals surface area (Å²) in [6.45, 7) is 0. The molecule has 1 aromatic carbocycles. The molecule has 1 atom stereocenters. The molecule has 0 aliphatic rings. The molecule has 1 aromatic rings. The minimum Gasteiger partial charge on any atom is -0.324 e. The van der Waals surface area contributed by atoms with Crippen LogP contribution in [0.2, 0.25) is 0 Å². The second-order valence-electron chi connectivity index (χ2n) is 2.98. The molecule has 78 valence electrons. The predicted molar refractivity (Wildman–Crippen MR) is 51.3 cm³/mol. The fourth-order valence-corrected chi connectivity index (χ4v) is 1.49. The number of hydrogen-bond acceptors (Lipinski definition) is 2. The zero-order valence-corrected chi connectivity index (χ0v) is 8.15.